The van der Waals surface area contributed by atoms with Gasteiger partial charge in [-0.1, -0.05) is 6.42 Å². The maximum atomic E-state index is 12.5. The lowest BCUT2D eigenvalue weighted by molar-refractivity contribution is 0.0124. The lowest BCUT2D eigenvalue weighted by atomic mass is 9.63. The van der Waals surface area contributed by atoms with Crippen LogP contribution in [0.5, 0.6) is 0 Å². The quantitative estimate of drug-likeness (QED) is 0.706. The Labute approximate surface area is 136 Å². The van der Waals surface area contributed by atoms with Crippen LogP contribution in [0.2, 0.25) is 0 Å². The summed E-state index contributed by atoms with van der Waals surface area (Å²) in [6.45, 7) is 0.0364. The van der Waals surface area contributed by atoms with Crippen molar-refractivity contribution in [2.75, 3.05) is 20.2 Å². The summed E-state index contributed by atoms with van der Waals surface area (Å²) in [5.41, 5.74) is 0.241. The Morgan fingerprint density at radius 3 is 2.74 bits per heavy atom. The summed E-state index contributed by atoms with van der Waals surface area (Å²) in [5.74, 6) is 0. The number of nitrogens with one attached hydrogen (secondary N) is 1. The highest BCUT2D eigenvalue weighted by Crippen LogP contribution is 2.50. The standard InChI is InChI=1S/C14H23N5O3S/c1-18-10-12(9-16-18)13(14(11-20)5-3-6-14)17-23(21,22)19(2)8-4-7-15/h9-10,13,17,20H,3-6,8,11H2,1-2H3. The van der Waals surface area contributed by atoms with E-state index in [1.54, 1.807) is 24.1 Å². The topological polar surface area (TPSA) is 111 Å². The van der Waals surface area contributed by atoms with Crippen LogP contribution in [-0.2, 0) is 17.3 Å². The second-order valence-electron chi connectivity index (χ2n) is 6.11. The number of aliphatic hydroxyl groups is 1. The van der Waals surface area contributed by atoms with E-state index in [1.165, 1.54) is 7.05 Å². The van der Waals surface area contributed by atoms with Gasteiger partial charge < -0.3 is 5.11 Å². The third kappa shape index (κ3) is 3.72. The second-order valence-corrected chi connectivity index (χ2v) is 7.92. The molecule has 1 unspecified atom stereocenters. The minimum Gasteiger partial charge on any atom is -0.396 e. The lowest BCUT2D eigenvalue weighted by Crippen LogP contribution is -2.50. The van der Waals surface area contributed by atoms with E-state index in [1.807, 2.05) is 6.07 Å². The van der Waals surface area contributed by atoms with E-state index in [2.05, 4.69) is 9.82 Å². The van der Waals surface area contributed by atoms with Crippen molar-refractivity contribution in [3.05, 3.63) is 18.0 Å². The number of aliphatic hydroxyl groups excluding tert-OH is 1. The molecule has 1 aromatic heterocycles. The summed E-state index contributed by atoms with van der Waals surface area (Å²) >= 11 is 0. The molecule has 0 bridgehead atoms. The van der Waals surface area contributed by atoms with Crippen LogP contribution in [0.25, 0.3) is 0 Å². The highest BCUT2D eigenvalue weighted by molar-refractivity contribution is 7.87. The fraction of sp³-hybridized carbons (Fsp3) is 0.714. The third-order valence-corrected chi connectivity index (χ3v) is 6.09. The fourth-order valence-corrected chi connectivity index (χ4v) is 4.07. The zero-order valence-electron chi connectivity index (χ0n) is 13.4. The summed E-state index contributed by atoms with van der Waals surface area (Å²) in [4.78, 5) is 0. The van der Waals surface area contributed by atoms with Crippen molar-refractivity contribution in [1.29, 1.82) is 5.26 Å². The Morgan fingerprint density at radius 1 is 1.61 bits per heavy atom. The summed E-state index contributed by atoms with van der Waals surface area (Å²) in [6.07, 6.45) is 5.99. The Kier molecular flexibility index (Phi) is 5.41. The van der Waals surface area contributed by atoms with E-state index in [0.717, 1.165) is 29.1 Å². The first-order valence-corrected chi connectivity index (χ1v) is 8.98. The molecule has 2 N–H and O–H groups in total. The highest BCUT2D eigenvalue weighted by atomic mass is 32.2. The molecule has 8 nitrogen and oxygen atoms in total. The van der Waals surface area contributed by atoms with Crippen LogP contribution in [-0.4, -0.2) is 47.8 Å². The van der Waals surface area contributed by atoms with Crippen molar-refractivity contribution in [1.82, 2.24) is 18.8 Å². The molecule has 9 heteroatoms. The maximum Gasteiger partial charge on any atom is 0.279 e. The molecule has 1 atom stereocenters. The molecule has 128 valence electrons. The molecule has 0 radical (unpaired) electrons. The van der Waals surface area contributed by atoms with Crippen molar-refractivity contribution in [3.8, 4) is 6.07 Å². The van der Waals surface area contributed by atoms with Gasteiger partial charge in [0.1, 0.15) is 0 Å². The zero-order chi connectivity index (χ0) is 17.1. The van der Waals surface area contributed by atoms with E-state index >= 15 is 0 Å². The van der Waals surface area contributed by atoms with Gasteiger partial charge in [0, 0.05) is 44.2 Å². The molecule has 1 aromatic rings. The average Bonchev–Trinajstić information content (AvgIpc) is 2.89. The van der Waals surface area contributed by atoms with Gasteiger partial charge in [0.05, 0.1) is 24.9 Å². The van der Waals surface area contributed by atoms with E-state index in [0.29, 0.717) is 0 Å². The first-order valence-electron chi connectivity index (χ1n) is 7.54. The Morgan fingerprint density at radius 2 is 2.30 bits per heavy atom. The number of nitriles is 1. The second kappa shape index (κ2) is 6.97. The van der Waals surface area contributed by atoms with Crippen LogP contribution in [0.15, 0.2) is 12.4 Å². The predicted molar refractivity (Wildman–Crippen MR) is 84.2 cm³/mol. The average molecular weight is 341 g/mol. The normalized spacial score (nSPS) is 18.4. The van der Waals surface area contributed by atoms with Crippen molar-refractivity contribution in [2.45, 2.75) is 31.7 Å². The maximum absolute atomic E-state index is 12.5. The van der Waals surface area contributed by atoms with Crippen molar-refractivity contribution in [2.24, 2.45) is 12.5 Å². The molecule has 0 aliphatic heterocycles. The molecular weight excluding hydrogens is 318 g/mol. The van der Waals surface area contributed by atoms with Crippen molar-refractivity contribution >= 4 is 10.2 Å². The van der Waals surface area contributed by atoms with Crippen molar-refractivity contribution < 1.29 is 13.5 Å². The Bertz CT molecular complexity index is 669. The molecule has 23 heavy (non-hydrogen) atoms. The third-order valence-electron chi connectivity index (χ3n) is 4.55. The van der Waals surface area contributed by atoms with Gasteiger partial charge in [0.15, 0.2) is 0 Å². The Balaban J connectivity index is 2.27. The monoisotopic (exact) mass is 341 g/mol. The van der Waals surface area contributed by atoms with Crippen LogP contribution in [0.4, 0.5) is 0 Å². The first kappa shape index (κ1) is 17.9. The van der Waals surface area contributed by atoms with Gasteiger partial charge in [-0.15, -0.1) is 0 Å². The van der Waals surface area contributed by atoms with Gasteiger partial charge in [-0.05, 0) is 12.8 Å². The molecule has 2 rings (SSSR count). The number of rotatable bonds is 8. The molecule has 1 heterocycles. The van der Waals surface area contributed by atoms with E-state index < -0.39 is 21.7 Å². The van der Waals surface area contributed by atoms with E-state index in [4.69, 9.17) is 5.26 Å². The molecule has 0 saturated heterocycles. The van der Waals surface area contributed by atoms with Gasteiger partial charge in [0.25, 0.3) is 10.2 Å². The molecule has 1 aliphatic rings. The molecule has 0 amide bonds. The number of aryl methyl sites for hydroxylation is 1. The summed E-state index contributed by atoms with van der Waals surface area (Å²) < 4.78 is 30.5. The summed E-state index contributed by atoms with van der Waals surface area (Å²) in [5, 5.41) is 22.6. The molecule has 0 aromatic carbocycles. The summed E-state index contributed by atoms with van der Waals surface area (Å²) in [6, 6.07) is 1.40. The number of nitrogens with zero attached hydrogens (tertiary/aromatic N) is 4. The first-order chi connectivity index (χ1) is 10.8. The van der Waals surface area contributed by atoms with E-state index in [-0.39, 0.29) is 19.6 Å². The Hall–Kier alpha value is -1.47. The minimum atomic E-state index is -3.76. The van der Waals surface area contributed by atoms with Crippen LogP contribution in [0.1, 0.15) is 37.3 Å². The molecule has 1 saturated carbocycles. The largest absolute Gasteiger partial charge is 0.396 e. The molecular formula is C14H23N5O3S. The fourth-order valence-electron chi connectivity index (χ4n) is 2.87. The smallest absolute Gasteiger partial charge is 0.279 e. The van der Waals surface area contributed by atoms with Gasteiger partial charge in [0.2, 0.25) is 0 Å². The van der Waals surface area contributed by atoms with Crippen LogP contribution in [0.3, 0.4) is 0 Å². The van der Waals surface area contributed by atoms with Gasteiger partial charge in [-0.25, -0.2) is 0 Å². The highest BCUT2D eigenvalue weighted by Gasteiger charge is 2.46. The summed E-state index contributed by atoms with van der Waals surface area (Å²) in [7, 11) is -0.555. The lowest BCUT2D eigenvalue weighted by Gasteiger charge is -2.46. The van der Waals surface area contributed by atoms with Crippen LogP contribution >= 0.6 is 0 Å². The van der Waals surface area contributed by atoms with Crippen molar-refractivity contribution in [3.63, 3.8) is 0 Å². The van der Waals surface area contributed by atoms with Crippen LogP contribution < -0.4 is 4.72 Å². The molecule has 1 aliphatic carbocycles. The number of hydrogen-bond acceptors (Lipinski definition) is 5. The van der Waals surface area contributed by atoms with E-state index in [9.17, 15) is 13.5 Å². The van der Waals surface area contributed by atoms with Gasteiger partial charge in [-0.3, -0.25) is 4.68 Å². The van der Waals surface area contributed by atoms with Crippen LogP contribution in [0, 0.1) is 16.7 Å². The number of aromatic nitrogens is 2. The minimum absolute atomic E-state index is 0.0863. The van der Waals surface area contributed by atoms with Gasteiger partial charge >= 0.3 is 0 Å². The number of hydrogen-bond donors (Lipinski definition) is 2. The zero-order valence-corrected chi connectivity index (χ0v) is 14.3. The molecule has 0 spiro atoms. The van der Waals surface area contributed by atoms with Gasteiger partial charge in [-0.2, -0.15) is 27.8 Å². The predicted octanol–water partition coefficient (Wildman–Crippen LogP) is 0.304. The SMILES string of the molecule is CN(CCC#N)S(=O)(=O)NC(c1cnn(C)c1)C1(CO)CCC1. The molecule has 1 fully saturated rings.